The fourth-order valence-corrected chi connectivity index (χ4v) is 2.97. The lowest BCUT2D eigenvalue weighted by atomic mass is 10.2. The number of nitrogens with one attached hydrogen (secondary N) is 2. The maximum Gasteiger partial charge on any atom is 0.243 e. The Morgan fingerprint density at radius 1 is 1.36 bits per heavy atom. The van der Waals surface area contributed by atoms with E-state index in [4.69, 9.17) is 6.42 Å². The van der Waals surface area contributed by atoms with Crippen LogP contribution in [0.25, 0.3) is 0 Å². The molecule has 5 nitrogen and oxygen atoms in total. The van der Waals surface area contributed by atoms with E-state index in [2.05, 4.69) is 33.0 Å². The Hall–Kier alpha value is -2.78. The first kappa shape index (κ1) is 18.6. The van der Waals surface area contributed by atoms with Gasteiger partial charge in [0.25, 0.3) is 0 Å². The van der Waals surface area contributed by atoms with Gasteiger partial charge >= 0.3 is 0 Å². The summed E-state index contributed by atoms with van der Waals surface area (Å²) in [4.78, 5) is 19.7. The quantitative estimate of drug-likeness (QED) is 0.476. The van der Waals surface area contributed by atoms with Gasteiger partial charge < -0.3 is 15.5 Å². The zero-order valence-electron chi connectivity index (χ0n) is 14.5. The normalized spacial score (nSPS) is 10.8. The number of nitrogens with zero attached hydrogens (tertiary/aromatic N) is 2. The fraction of sp³-hybridized carbons (Fsp3) is 0.263. The molecule has 0 saturated heterocycles. The molecule has 0 fully saturated rings. The third-order valence-electron chi connectivity index (χ3n) is 3.57. The van der Waals surface area contributed by atoms with Crippen LogP contribution >= 0.6 is 11.3 Å². The summed E-state index contributed by atoms with van der Waals surface area (Å²) in [5.41, 5.74) is 1.41. The minimum Gasteiger partial charge on any atom is -0.347 e. The Bertz CT molecular complexity index is 762. The number of carbonyl (C=O) groups is 1. The summed E-state index contributed by atoms with van der Waals surface area (Å²) < 4.78 is 0. The highest BCUT2D eigenvalue weighted by Gasteiger charge is 2.09. The maximum absolute atomic E-state index is 12.1. The van der Waals surface area contributed by atoms with Crippen LogP contribution in [-0.4, -0.2) is 44.0 Å². The average molecular weight is 354 g/mol. The van der Waals surface area contributed by atoms with E-state index in [0.717, 1.165) is 18.5 Å². The highest BCUT2D eigenvalue weighted by atomic mass is 32.1. The summed E-state index contributed by atoms with van der Waals surface area (Å²) in [6.07, 6.45) is 6.31. The second kappa shape index (κ2) is 9.50. The Morgan fingerprint density at radius 2 is 2.20 bits per heavy atom. The van der Waals surface area contributed by atoms with Gasteiger partial charge in [0.2, 0.25) is 5.91 Å². The first-order valence-electron chi connectivity index (χ1n) is 7.93. The first-order chi connectivity index (χ1) is 12.1. The number of aliphatic imine (C=N–C) groups is 1. The second-order valence-electron chi connectivity index (χ2n) is 5.43. The highest BCUT2D eigenvalue weighted by Crippen LogP contribution is 2.10. The number of carbonyl (C=O) groups excluding carboxylic acids is 1. The summed E-state index contributed by atoms with van der Waals surface area (Å²) in [6, 6.07) is 11.4. The van der Waals surface area contributed by atoms with E-state index < -0.39 is 0 Å². The minimum atomic E-state index is -0.151. The van der Waals surface area contributed by atoms with Gasteiger partial charge in [-0.1, -0.05) is 18.1 Å². The smallest absolute Gasteiger partial charge is 0.243 e. The maximum atomic E-state index is 12.1. The SMILES string of the molecule is C#Cc1cccc(NC(=O)CNC(=NC)N(C)CCc2cccs2)c1. The molecule has 1 heterocycles. The Labute approximate surface area is 152 Å². The zero-order chi connectivity index (χ0) is 18.1. The van der Waals surface area contributed by atoms with E-state index in [-0.39, 0.29) is 12.5 Å². The highest BCUT2D eigenvalue weighted by molar-refractivity contribution is 7.09. The summed E-state index contributed by atoms with van der Waals surface area (Å²) in [6.45, 7) is 0.961. The van der Waals surface area contributed by atoms with Crippen LogP contribution in [0.2, 0.25) is 0 Å². The third-order valence-corrected chi connectivity index (χ3v) is 4.50. The number of hydrogen-bond acceptors (Lipinski definition) is 3. The molecular weight excluding hydrogens is 332 g/mol. The molecule has 0 bridgehead atoms. The fourth-order valence-electron chi connectivity index (χ4n) is 2.27. The van der Waals surface area contributed by atoms with Gasteiger partial charge in [0.05, 0.1) is 6.54 Å². The predicted octanol–water partition coefficient (Wildman–Crippen LogP) is 2.42. The molecule has 1 amide bonds. The molecule has 1 aromatic heterocycles. The predicted molar refractivity (Wildman–Crippen MR) is 105 cm³/mol. The summed E-state index contributed by atoms with van der Waals surface area (Å²) in [7, 11) is 3.66. The number of hydrogen-bond donors (Lipinski definition) is 2. The zero-order valence-corrected chi connectivity index (χ0v) is 15.3. The lowest BCUT2D eigenvalue weighted by Gasteiger charge is -2.21. The van der Waals surface area contributed by atoms with Gasteiger partial charge in [-0.3, -0.25) is 9.79 Å². The summed E-state index contributed by atoms with van der Waals surface area (Å²) in [5, 5.41) is 7.97. The van der Waals surface area contributed by atoms with E-state index in [1.807, 2.05) is 30.1 Å². The molecule has 1 aromatic carbocycles. The molecule has 0 radical (unpaired) electrons. The summed E-state index contributed by atoms with van der Waals surface area (Å²) in [5.74, 6) is 3.08. The van der Waals surface area contributed by atoms with Crippen LogP contribution in [0.3, 0.4) is 0 Å². The number of rotatable bonds is 6. The van der Waals surface area contributed by atoms with E-state index in [1.54, 1.807) is 30.5 Å². The third kappa shape index (κ3) is 5.98. The van der Waals surface area contributed by atoms with Crippen molar-refractivity contribution in [2.45, 2.75) is 6.42 Å². The van der Waals surface area contributed by atoms with Gasteiger partial charge in [-0.25, -0.2) is 0 Å². The second-order valence-corrected chi connectivity index (χ2v) is 6.46. The van der Waals surface area contributed by atoms with Crippen LogP contribution < -0.4 is 10.6 Å². The molecule has 2 N–H and O–H groups in total. The molecule has 2 rings (SSSR count). The van der Waals surface area contributed by atoms with Crippen molar-refractivity contribution in [1.29, 1.82) is 0 Å². The van der Waals surface area contributed by atoms with Gasteiger partial charge in [0, 0.05) is 36.8 Å². The van der Waals surface area contributed by atoms with Gasteiger partial charge in [0.1, 0.15) is 0 Å². The molecule has 0 spiro atoms. The van der Waals surface area contributed by atoms with Crippen molar-refractivity contribution in [3.63, 3.8) is 0 Å². The molecule has 25 heavy (non-hydrogen) atoms. The molecule has 130 valence electrons. The van der Waals surface area contributed by atoms with Crippen molar-refractivity contribution < 1.29 is 4.79 Å². The molecule has 0 aliphatic carbocycles. The van der Waals surface area contributed by atoms with Crippen LogP contribution in [0.1, 0.15) is 10.4 Å². The van der Waals surface area contributed by atoms with Crippen LogP contribution in [0.15, 0.2) is 46.8 Å². The molecule has 2 aromatic rings. The molecule has 0 aliphatic heterocycles. The van der Waals surface area contributed by atoms with Crippen molar-refractivity contribution in [2.75, 3.05) is 32.5 Å². The standard InChI is InChI=1S/C19H22N4OS/c1-4-15-7-5-8-16(13-15)22-18(24)14-21-19(20-2)23(3)11-10-17-9-6-12-25-17/h1,5-9,12-13H,10-11,14H2,2-3H3,(H,20,21)(H,22,24). The van der Waals surface area contributed by atoms with Gasteiger partial charge in [-0.05, 0) is 36.1 Å². The van der Waals surface area contributed by atoms with Crippen molar-refractivity contribution in [1.82, 2.24) is 10.2 Å². The molecule has 0 saturated carbocycles. The van der Waals surface area contributed by atoms with Crippen molar-refractivity contribution >= 4 is 28.9 Å². The largest absolute Gasteiger partial charge is 0.347 e. The Balaban J connectivity index is 1.80. The van der Waals surface area contributed by atoms with E-state index in [9.17, 15) is 4.79 Å². The number of anilines is 1. The van der Waals surface area contributed by atoms with Crippen molar-refractivity contribution in [3.05, 3.63) is 52.2 Å². The van der Waals surface area contributed by atoms with Gasteiger partial charge in [-0.2, -0.15) is 0 Å². The Kier molecular flexibility index (Phi) is 7.05. The van der Waals surface area contributed by atoms with E-state index in [0.29, 0.717) is 11.6 Å². The summed E-state index contributed by atoms with van der Waals surface area (Å²) >= 11 is 1.74. The van der Waals surface area contributed by atoms with E-state index >= 15 is 0 Å². The molecular formula is C19H22N4OS. The minimum absolute atomic E-state index is 0.135. The van der Waals surface area contributed by atoms with Crippen LogP contribution in [-0.2, 0) is 11.2 Å². The number of likely N-dealkylation sites (N-methyl/N-ethyl adjacent to an activating group) is 1. The number of terminal acetylenes is 1. The molecule has 0 aliphatic rings. The Morgan fingerprint density at radius 3 is 2.88 bits per heavy atom. The lowest BCUT2D eigenvalue weighted by Crippen LogP contribution is -2.43. The topological polar surface area (TPSA) is 56.7 Å². The number of amides is 1. The van der Waals surface area contributed by atoms with Gasteiger partial charge in [0.15, 0.2) is 5.96 Å². The number of benzene rings is 1. The van der Waals surface area contributed by atoms with Crippen LogP contribution in [0.5, 0.6) is 0 Å². The number of thiophene rings is 1. The number of guanidine groups is 1. The molecule has 0 atom stereocenters. The van der Waals surface area contributed by atoms with E-state index in [1.165, 1.54) is 4.88 Å². The first-order valence-corrected chi connectivity index (χ1v) is 8.81. The van der Waals surface area contributed by atoms with Gasteiger partial charge in [-0.15, -0.1) is 17.8 Å². The molecule has 0 unspecified atom stereocenters. The van der Waals surface area contributed by atoms with Crippen molar-refractivity contribution in [2.24, 2.45) is 4.99 Å². The monoisotopic (exact) mass is 354 g/mol. The molecule has 6 heteroatoms. The van der Waals surface area contributed by atoms with Crippen LogP contribution in [0, 0.1) is 12.3 Å². The lowest BCUT2D eigenvalue weighted by molar-refractivity contribution is -0.115. The van der Waals surface area contributed by atoms with Crippen molar-refractivity contribution in [3.8, 4) is 12.3 Å². The van der Waals surface area contributed by atoms with Crippen LogP contribution in [0.4, 0.5) is 5.69 Å². The average Bonchev–Trinajstić information content (AvgIpc) is 3.14.